The molecule has 20 heavy (non-hydrogen) atoms. The van der Waals surface area contributed by atoms with Crippen LogP contribution in [-0.2, 0) is 0 Å². The molecule has 0 spiro atoms. The summed E-state index contributed by atoms with van der Waals surface area (Å²) in [5.74, 6) is 0.749. The van der Waals surface area contributed by atoms with E-state index in [1.165, 1.54) is 58.2 Å². The monoisotopic (exact) mass is 282 g/mol. The first-order valence-corrected chi connectivity index (χ1v) is 8.97. The summed E-state index contributed by atoms with van der Waals surface area (Å²) < 4.78 is 0. The molecule has 2 nitrogen and oxygen atoms in total. The maximum atomic E-state index is 3.72. The Morgan fingerprint density at radius 3 is 2.45 bits per heavy atom. The van der Waals surface area contributed by atoms with Gasteiger partial charge in [0, 0.05) is 19.1 Å². The van der Waals surface area contributed by atoms with Crippen LogP contribution in [0.1, 0.15) is 73.1 Å². The average molecular weight is 283 g/mol. The summed E-state index contributed by atoms with van der Waals surface area (Å²) >= 11 is 0. The Kier molecular flexibility index (Phi) is 8.13. The minimum atomic E-state index is 0.466. The number of nitrogens with zero attached hydrogens (tertiary/aromatic N) is 1. The molecule has 1 atom stereocenters. The number of hydrogen-bond acceptors (Lipinski definition) is 2. The summed E-state index contributed by atoms with van der Waals surface area (Å²) in [6.45, 7) is 16.7. The van der Waals surface area contributed by atoms with Gasteiger partial charge in [-0.05, 0) is 57.0 Å². The predicted molar refractivity (Wildman–Crippen MR) is 90.2 cm³/mol. The number of nitrogens with one attached hydrogen (secondary N) is 1. The molecule has 120 valence electrons. The minimum absolute atomic E-state index is 0.466. The lowest BCUT2D eigenvalue weighted by Crippen LogP contribution is -2.47. The maximum Gasteiger partial charge on any atom is 0.00671 e. The van der Waals surface area contributed by atoms with Crippen molar-refractivity contribution >= 4 is 0 Å². The third-order valence-corrected chi connectivity index (χ3v) is 5.28. The molecular weight excluding hydrogens is 244 g/mol. The van der Waals surface area contributed by atoms with Crippen molar-refractivity contribution < 1.29 is 0 Å². The lowest BCUT2D eigenvalue weighted by atomic mass is 9.81. The SMILES string of the molecule is CCC(CC)(CNCC(C)C)CN1CCCCCC1C. The highest BCUT2D eigenvalue weighted by molar-refractivity contribution is 4.85. The maximum absolute atomic E-state index is 3.72. The molecule has 0 bridgehead atoms. The quantitative estimate of drug-likeness (QED) is 0.714. The Labute approximate surface area is 127 Å². The molecule has 1 aliphatic rings. The summed E-state index contributed by atoms with van der Waals surface area (Å²) in [5.41, 5.74) is 0.466. The van der Waals surface area contributed by atoms with E-state index in [0.29, 0.717) is 5.41 Å². The minimum Gasteiger partial charge on any atom is -0.316 e. The molecule has 0 aromatic carbocycles. The second-order valence-corrected chi connectivity index (χ2v) is 7.40. The standard InChI is InChI=1S/C18H38N2/c1-6-18(7-2,14-19-13-16(3)4)15-20-12-10-8-9-11-17(20)5/h16-17,19H,6-15H2,1-5H3. The van der Waals surface area contributed by atoms with Gasteiger partial charge in [-0.2, -0.15) is 0 Å². The number of hydrogen-bond donors (Lipinski definition) is 1. The molecule has 1 aliphatic heterocycles. The highest BCUT2D eigenvalue weighted by Crippen LogP contribution is 2.29. The fourth-order valence-corrected chi connectivity index (χ4v) is 3.41. The molecule has 0 aromatic rings. The van der Waals surface area contributed by atoms with Crippen molar-refractivity contribution in [3.8, 4) is 0 Å². The third kappa shape index (κ3) is 5.73. The van der Waals surface area contributed by atoms with Gasteiger partial charge in [-0.15, -0.1) is 0 Å². The van der Waals surface area contributed by atoms with Crippen molar-refractivity contribution in [2.24, 2.45) is 11.3 Å². The molecule has 0 radical (unpaired) electrons. The van der Waals surface area contributed by atoms with E-state index in [1.54, 1.807) is 0 Å². The molecule has 1 unspecified atom stereocenters. The topological polar surface area (TPSA) is 15.3 Å². The van der Waals surface area contributed by atoms with E-state index < -0.39 is 0 Å². The van der Waals surface area contributed by atoms with Crippen LogP contribution in [-0.4, -0.2) is 37.1 Å². The zero-order valence-corrected chi connectivity index (χ0v) is 14.7. The van der Waals surface area contributed by atoms with Crippen molar-refractivity contribution in [2.45, 2.75) is 79.2 Å². The molecule has 0 amide bonds. The Bertz CT molecular complexity index is 246. The Morgan fingerprint density at radius 1 is 1.15 bits per heavy atom. The van der Waals surface area contributed by atoms with Crippen molar-refractivity contribution in [2.75, 3.05) is 26.2 Å². The van der Waals surface area contributed by atoms with Gasteiger partial charge in [0.2, 0.25) is 0 Å². The summed E-state index contributed by atoms with van der Waals surface area (Å²) in [6, 6.07) is 0.778. The Morgan fingerprint density at radius 2 is 1.85 bits per heavy atom. The third-order valence-electron chi connectivity index (χ3n) is 5.28. The fourth-order valence-electron chi connectivity index (χ4n) is 3.41. The molecule has 0 aromatic heterocycles. The van der Waals surface area contributed by atoms with Crippen molar-refractivity contribution in [1.82, 2.24) is 10.2 Å². The van der Waals surface area contributed by atoms with Gasteiger partial charge in [-0.25, -0.2) is 0 Å². The van der Waals surface area contributed by atoms with Gasteiger partial charge < -0.3 is 10.2 Å². The first-order chi connectivity index (χ1) is 9.53. The van der Waals surface area contributed by atoms with Crippen LogP contribution >= 0.6 is 0 Å². The van der Waals surface area contributed by atoms with Gasteiger partial charge >= 0.3 is 0 Å². The lowest BCUT2D eigenvalue weighted by Gasteiger charge is -2.40. The normalized spacial score (nSPS) is 22.2. The van der Waals surface area contributed by atoms with Gasteiger partial charge in [0.25, 0.3) is 0 Å². The second kappa shape index (κ2) is 9.04. The van der Waals surface area contributed by atoms with Gasteiger partial charge in [-0.3, -0.25) is 0 Å². The number of likely N-dealkylation sites (tertiary alicyclic amines) is 1. The predicted octanol–water partition coefficient (Wildman–Crippen LogP) is 4.30. The van der Waals surface area contributed by atoms with E-state index in [2.05, 4.69) is 44.8 Å². The van der Waals surface area contributed by atoms with E-state index in [9.17, 15) is 0 Å². The van der Waals surface area contributed by atoms with Crippen LogP contribution < -0.4 is 5.32 Å². The van der Waals surface area contributed by atoms with Crippen LogP contribution in [0.5, 0.6) is 0 Å². The van der Waals surface area contributed by atoms with Gasteiger partial charge in [0.05, 0.1) is 0 Å². The lowest BCUT2D eigenvalue weighted by molar-refractivity contribution is 0.105. The summed E-state index contributed by atoms with van der Waals surface area (Å²) in [4.78, 5) is 2.77. The molecule has 1 saturated heterocycles. The highest BCUT2D eigenvalue weighted by Gasteiger charge is 2.30. The first kappa shape index (κ1) is 18.0. The summed E-state index contributed by atoms with van der Waals surface area (Å²) in [5, 5.41) is 3.72. The zero-order chi connectivity index (χ0) is 15.0. The molecule has 2 heteroatoms. The number of rotatable bonds is 8. The van der Waals surface area contributed by atoms with Crippen LogP contribution in [0.3, 0.4) is 0 Å². The van der Waals surface area contributed by atoms with E-state index in [-0.39, 0.29) is 0 Å². The molecule has 1 rings (SSSR count). The summed E-state index contributed by atoms with van der Waals surface area (Å²) in [7, 11) is 0. The van der Waals surface area contributed by atoms with E-state index in [4.69, 9.17) is 0 Å². The molecule has 0 aliphatic carbocycles. The largest absolute Gasteiger partial charge is 0.316 e. The molecule has 1 fully saturated rings. The Balaban J connectivity index is 2.58. The van der Waals surface area contributed by atoms with Crippen LogP contribution in [0.2, 0.25) is 0 Å². The second-order valence-electron chi connectivity index (χ2n) is 7.40. The molecule has 1 heterocycles. The van der Waals surface area contributed by atoms with Crippen molar-refractivity contribution in [1.29, 1.82) is 0 Å². The molecular formula is C18H38N2. The van der Waals surface area contributed by atoms with Crippen LogP contribution in [0.25, 0.3) is 0 Å². The smallest absolute Gasteiger partial charge is 0.00671 e. The average Bonchev–Trinajstić information content (AvgIpc) is 2.62. The van der Waals surface area contributed by atoms with Gasteiger partial charge in [0.1, 0.15) is 0 Å². The van der Waals surface area contributed by atoms with Gasteiger partial charge in [0.15, 0.2) is 0 Å². The van der Waals surface area contributed by atoms with Crippen molar-refractivity contribution in [3.05, 3.63) is 0 Å². The van der Waals surface area contributed by atoms with Crippen LogP contribution in [0.15, 0.2) is 0 Å². The van der Waals surface area contributed by atoms with E-state index in [0.717, 1.165) is 18.5 Å². The Hall–Kier alpha value is -0.0800. The van der Waals surface area contributed by atoms with Gasteiger partial charge in [-0.1, -0.05) is 40.5 Å². The zero-order valence-electron chi connectivity index (χ0n) is 14.7. The van der Waals surface area contributed by atoms with Crippen molar-refractivity contribution in [3.63, 3.8) is 0 Å². The highest BCUT2D eigenvalue weighted by atomic mass is 15.2. The van der Waals surface area contributed by atoms with E-state index in [1.807, 2.05) is 0 Å². The molecule has 1 N–H and O–H groups in total. The molecule has 0 saturated carbocycles. The first-order valence-electron chi connectivity index (χ1n) is 8.97. The summed E-state index contributed by atoms with van der Waals surface area (Å²) in [6.07, 6.45) is 8.22. The van der Waals surface area contributed by atoms with E-state index >= 15 is 0 Å². The fraction of sp³-hybridized carbons (Fsp3) is 1.00. The van der Waals surface area contributed by atoms with Crippen LogP contribution in [0, 0.1) is 11.3 Å². The van der Waals surface area contributed by atoms with Crippen LogP contribution in [0.4, 0.5) is 0 Å².